The number of hydrogen-bond acceptors (Lipinski definition) is 5. The molecule has 2 aliphatic heterocycles. The van der Waals surface area contributed by atoms with Crippen LogP contribution in [0.3, 0.4) is 0 Å². The fourth-order valence-electron chi connectivity index (χ4n) is 5.49. The third-order valence-corrected chi connectivity index (χ3v) is 7.63. The van der Waals surface area contributed by atoms with E-state index in [1.165, 1.54) is 0 Å². The molecule has 2 aliphatic rings. The van der Waals surface area contributed by atoms with Crippen LogP contribution in [0.2, 0.25) is 0 Å². The number of nitrogens with zero attached hydrogens (tertiary/aromatic N) is 4. The van der Waals surface area contributed by atoms with Crippen LogP contribution < -0.4 is 4.90 Å². The van der Waals surface area contributed by atoms with E-state index in [2.05, 4.69) is 37.2 Å². The molecule has 0 aliphatic carbocycles. The fraction of sp³-hybridized carbons (Fsp3) is 0.258. The van der Waals surface area contributed by atoms with E-state index in [0.29, 0.717) is 0 Å². The highest BCUT2D eigenvalue weighted by Gasteiger charge is 2.44. The second-order valence-electron chi connectivity index (χ2n) is 10.7. The number of likely N-dealkylation sites (N-methyl/N-ethyl adjacent to an activating group) is 1. The Bertz CT molecular complexity index is 1540. The van der Waals surface area contributed by atoms with Gasteiger partial charge in [0.15, 0.2) is 5.71 Å². The van der Waals surface area contributed by atoms with Crippen molar-refractivity contribution in [2.75, 3.05) is 19.0 Å². The molecule has 200 valence electrons. The number of anilines is 1. The SMILES string of the molecule is CN1/C(=C/C=C/C=C/C=C/C=C/C2=[N+](C)c3ccc([N+](=O)[O-])cc3C2(C)C)C(C)(C)c2cc([N+](=O)[O-])ccc21. The molecule has 2 aromatic rings. The lowest BCUT2D eigenvalue weighted by Gasteiger charge is -2.23. The van der Waals surface area contributed by atoms with Crippen molar-refractivity contribution >= 4 is 28.5 Å². The fourth-order valence-corrected chi connectivity index (χ4v) is 5.49. The van der Waals surface area contributed by atoms with Crippen LogP contribution in [0.25, 0.3) is 0 Å². The first-order valence-electron chi connectivity index (χ1n) is 12.7. The minimum absolute atomic E-state index is 0.103. The molecule has 0 saturated carbocycles. The third-order valence-electron chi connectivity index (χ3n) is 7.63. The minimum atomic E-state index is -0.357. The van der Waals surface area contributed by atoms with E-state index in [9.17, 15) is 20.2 Å². The highest BCUT2D eigenvalue weighted by Crippen LogP contribution is 2.48. The molecule has 0 radical (unpaired) electrons. The zero-order valence-corrected chi connectivity index (χ0v) is 23.1. The van der Waals surface area contributed by atoms with Gasteiger partial charge < -0.3 is 4.90 Å². The molecule has 0 bridgehead atoms. The van der Waals surface area contributed by atoms with E-state index in [-0.39, 0.29) is 32.1 Å². The van der Waals surface area contributed by atoms with Gasteiger partial charge >= 0.3 is 0 Å². The molecule has 0 atom stereocenters. The summed E-state index contributed by atoms with van der Waals surface area (Å²) in [6.45, 7) is 8.30. The Morgan fingerprint density at radius 1 is 0.769 bits per heavy atom. The molecular formula is C31H33N4O4+. The molecule has 0 spiro atoms. The summed E-state index contributed by atoms with van der Waals surface area (Å²) in [5.74, 6) is 0. The van der Waals surface area contributed by atoms with Gasteiger partial charge in [-0.1, -0.05) is 56.4 Å². The van der Waals surface area contributed by atoms with Crippen LogP contribution in [0.15, 0.2) is 96.8 Å². The van der Waals surface area contributed by atoms with E-state index in [1.807, 2.05) is 80.9 Å². The second kappa shape index (κ2) is 10.3. The second-order valence-corrected chi connectivity index (χ2v) is 10.7. The van der Waals surface area contributed by atoms with E-state index in [4.69, 9.17) is 0 Å². The van der Waals surface area contributed by atoms with Crippen molar-refractivity contribution in [2.45, 2.75) is 38.5 Å². The van der Waals surface area contributed by atoms with Crippen LogP contribution in [-0.2, 0) is 10.8 Å². The molecule has 8 heteroatoms. The molecular weight excluding hydrogens is 492 g/mol. The Hall–Kier alpha value is -4.59. The molecule has 0 saturated heterocycles. The van der Waals surface area contributed by atoms with Gasteiger partial charge in [0.25, 0.3) is 11.4 Å². The molecule has 2 aromatic carbocycles. The third kappa shape index (κ3) is 4.97. The van der Waals surface area contributed by atoms with Crippen molar-refractivity contribution in [1.29, 1.82) is 0 Å². The first kappa shape index (κ1) is 27.4. The number of hydrogen-bond donors (Lipinski definition) is 0. The zero-order chi connectivity index (χ0) is 28.5. The molecule has 0 aromatic heterocycles. The van der Waals surface area contributed by atoms with Gasteiger partial charge in [-0.2, -0.15) is 4.58 Å². The van der Waals surface area contributed by atoms with Crippen LogP contribution in [0.1, 0.15) is 38.8 Å². The first-order valence-corrected chi connectivity index (χ1v) is 12.7. The standard InChI is InChI=1S/C31H33N4O4/c1-30(2)24-20-22(34(36)37)16-18-26(24)32(5)28(30)14-12-10-8-7-9-11-13-15-29-31(3,4)25-21-23(35(38)39)17-19-27(25)33(29)6/h7-21H,1-6H3/q+1. The van der Waals surface area contributed by atoms with Crippen molar-refractivity contribution in [3.8, 4) is 0 Å². The van der Waals surface area contributed by atoms with Crippen LogP contribution in [0, 0.1) is 20.2 Å². The van der Waals surface area contributed by atoms with E-state index >= 15 is 0 Å². The topological polar surface area (TPSA) is 92.5 Å². The molecule has 8 nitrogen and oxygen atoms in total. The summed E-state index contributed by atoms with van der Waals surface area (Å²) in [5, 5.41) is 22.5. The monoisotopic (exact) mass is 525 g/mol. The number of allylic oxidation sites excluding steroid dienone is 10. The normalized spacial score (nSPS) is 18.8. The Labute approximate surface area is 228 Å². The van der Waals surface area contributed by atoms with Crippen molar-refractivity contribution in [2.24, 2.45) is 0 Å². The lowest BCUT2D eigenvalue weighted by atomic mass is 9.81. The van der Waals surface area contributed by atoms with Gasteiger partial charge in [0.05, 0.1) is 15.3 Å². The van der Waals surface area contributed by atoms with Gasteiger partial charge in [-0.3, -0.25) is 20.2 Å². The van der Waals surface area contributed by atoms with Crippen LogP contribution >= 0.6 is 0 Å². The number of nitro groups is 2. The summed E-state index contributed by atoms with van der Waals surface area (Å²) in [6, 6.07) is 10.0. The maximum atomic E-state index is 11.2. The van der Waals surface area contributed by atoms with E-state index in [0.717, 1.165) is 33.9 Å². The van der Waals surface area contributed by atoms with Gasteiger partial charge in [-0.15, -0.1) is 0 Å². The van der Waals surface area contributed by atoms with Gasteiger partial charge in [0, 0.05) is 65.8 Å². The predicted octanol–water partition coefficient (Wildman–Crippen LogP) is 7.05. The van der Waals surface area contributed by atoms with Gasteiger partial charge in [-0.05, 0) is 31.6 Å². The zero-order valence-electron chi connectivity index (χ0n) is 23.1. The number of nitro benzene ring substituents is 2. The van der Waals surface area contributed by atoms with Crippen LogP contribution in [0.5, 0.6) is 0 Å². The molecule has 0 unspecified atom stereocenters. The minimum Gasteiger partial charge on any atom is -0.347 e. The molecule has 39 heavy (non-hydrogen) atoms. The average molecular weight is 526 g/mol. The summed E-state index contributed by atoms with van der Waals surface area (Å²) < 4.78 is 2.08. The molecule has 0 amide bonds. The predicted molar refractivity (Wildman–Crippen MR) is 156 cm³/mol. The summed E-state index contributed by atoms with van der Waals surface area (Å²) in [6.07, 6.45) is 17.7. The Kier molecular flexibility index (Phi) is 7.24. The lowest BCUT2D eigenvalue weighted by Crippen LogP contribution is -2.26. The van der Waals surface area contributed by atoms with E-state index < -0.39 is 0 Å². The smallest absolute Gasteiger partial charge is 0.270 e. The molecule has 0 N–H and O–H groups in total. The summed E-state index contributed by atoms with van der Waals surface area (Å²) in [5.41, 5.74) is 5.48. The van der Waals surface area contributed by atoms with Crippen LogP contribution in [-0.4, -0.2) is 34.2 Å². The number of fused-ring (bicyclic) bond motifs is 2. The molecule has 0 fully saturated rings. The van der Waals surface area contributed by atoms with Crippen molar-refractivity contribution < 1.29 is 14.4 Å². The van der Waals surface area contributed by atoms with Gasteiger partial charge in [-0.25, -0.2) is 0 Å². The Morgan fingerprint density at radius 3 is 1.92 bits per heavy atom. The maximum absolute atomic E-state index is 11.2. The summed E-state index contributed by atoms with van der Waals surface area (Å²) >= 11 is 0. The maximum Gasteiger partial charge on any atom is 0.270 e. The summed E-state index contributed by atoms with van der Waals surface area (Å²) in [4.78, 5) is 23.8. The number of rotatable bonds is 7. The van der Waals surface area contributed by atoms with Crippen molar-refractivity contribution in [1.82, 2.24) is 0 Å². The number of benzene rings is 2. The van der Waals surface area contributed by atoms with Gasteiger partial charge in [0.1, 0.15) is 7.05 Å². The highest BCUT2D eigenvalue weighted by molar-refractivity contribution is 6.03. The summed E-state index contributed by atoms with van der Waals surface area (Å²) in [7, 11) is 3.95. The van der Waals surface area contributed by atoms with Crippen molar-refractivity contribution in [3.05, 3.63) is 128 Å². The van der Waals surface area contributed by atoms with Gasteiger partial charge in [0.2, 0.25) is 5.69 Å². The first-order chi connectivity index (χ1) is 18.4. The highest BCUT2D eigenvalue weighted by atomic mass is 16.6. The Morgan fingerprint density at radius 2 is 1.31 bits per heavy atom. The number of non-ortho nitro benzene ring substituents is 2. The molecule has 2 heterocycles. The molecule has 4 rings (SSSR count). The lowest BCUT2D eigenvalue weighted by molar-refractivity contribution is -0.402. The van der Waals surface area contributed by atoms with Crippen molar-refractivity contribution in [3.63, 3.8) is 0 Å². The largest absolute Gasteiger partial charge is 0.347 e. The van der Waals surface area contributed by atoms with E-state index in [1.54, 1.807) is 24.3 Å². The van der Waals surface area contributed by atoms with Crippen LogP contribution in [0.4, 0.5) is 22.7 Å². The Balaban J connectivity index is 1.41. The average Bonchev–Trinajstić information content (AvgIpc) is 3.20. The quantitative estimate of drug-likeness (QED) is 0.167.